The molecule has 1 aromatic carbocycles. The Balaban J connectivity index is 1.46. The molecule has 2 heterocycles. The van der Waals surface area contributed by atoms with Crippen molar-refractivity contribution in [3.05, 3.63) is 53.6 Å². The van der Waals surface area contributed by atoms with Crippen molar-refractivity contribution >= 4 is 5.91 Å². The number of piperidine rings is 1. The Labute approximate surface area is 154 Å². The van der Waals surface area contributed by atoms with Crippen LogP contribution in [0.2, 0.25) is 0 Å². The van der Waals surface area contributed by atoms with Gasteiger partial charge in [-0.3, -0.25) is 4.79 Å². The minimum Gasteiger partial charge on any atom is -0.338 e. The van der Waals surface area contributed by atoms with E-state index in [4.69, 9.17) is 5.26 Å². The Morgan fingerprint density at radius 2 is 2.00 bits per heavy atom. The molecule has 26 heavy (non-hydrogen) atoms. The molecule has 1 saturated carbocycles. The number of imidazole rings is 1. The van der Waals surface area contributed by atoms with Crippen molar-refractivity contribution in [2.75, 3.05) is 13.1 Å². The molecule has 134 valence electrons. The summed E-state index contributed by atoms with van der Waals surface area (Å²) < 4.78 is 2.31. The molecule has 0 unspecified atom stereocenters. The highest BCUT2D eigenvalue weighted by Gasteiger charge is 2.29. The lowest BCUT2D eigenvalue weighted by atomic mass is 9.85. The molecule has 2 aliphatic rings. The van der Waals surface area contributed by atoms with E-state index >= 15 is 0 Å². The van der Waals surface area contributed by atoms with Gasteiger partial charge < -0.3 is 9.47 Å². The molecule has 5 heteroatoms. The van der Waals surface area contributed by atoms with Gasteiger partial charge in [0, 0.05) is 43.5 Å². The zero-order chi connectivity index (χ0) is 17.9. The van der Waals surface area contributed by atoms with E-state index in [1.807, 2.05) is 11.1 Å². The van der Waals surface area contributed by atoms with E-state index in [-0.39, 0.29) is 5.91 Å². The fourth-order valence-corrected chi connectivity index (χ4v) is 4.03. The summed E-state index contributed by atoms with van der Waals surface area (Å²) in [5, 5.41) is 8.91. The van der Waals surface area contributed by atoms with Gasteiger partial charge >= 0.3 is 0 Å². The van der Waals surface area contributed by atoms with Crippen molar-refractivity contribution in [2.24, 2.45) is 5.92 Å². The van der Waals surface area contributed by atoms with E-state index in [9.17, 15) is 4.79 Å². The van der Waals surface area contributed by atoms with Gasteiger partial charge in [-0.25, -0.2) is 4.98 Å². The number of nitriles is 1. The van der Waals surface area contributed by atoms with Gasteiger partial charge in [-0.05, 0) is 55.9 Å². The lowest BCUT2D eigenvalue weighted by molar-refractivity contribution is 0.0702. The first-order valence-corrected chi connectivity index (χ1v) is 9.55. The molecule has 1 amide bonds. The van der Waals surface area contributed by atoms with Gasteiger partial charge in [-0.1, -0.05) is 6.42 Å². The topological polar surface area (TPSA) is 61.9 Å². The number of aromatic nitrogens is 2. The molecular weight excluding hydrogens is 324 g/mol. The SMILES string of the molecule is N#Cc1ccc(C(=O)N2CCC[C@H](c3nccn3CC3CCC3)C2)cc1. The minimum absolute atomic E-state index is 0.0521. The maximum absolute atomic E-state index is 12.8. The zero-order valence-electron chi connectivity index (χ0n) is 15.0. The molecule has 1 aliphatic carbocycles. The lowest BCUT2D eigenvalue weighted by Gasteiger charge is -2.33. The minimum atomic E-state index is 0.0521. The van der Waals surface area contributed by atoms with Crippen LogP contribution >= 0.6 is 0 Å². The molecule has 0 radical (unpaired) electrons. The van der Waals surface area contributed by atoms with E-state index in [2.05, 4.69) is 21.8 Å². The molecule has 1 atom stereocenters. The highest BCUT2D eigenvalue weighted by atomic mass is 16.2. The smallest absolute Gasteiger partial charge is 0.253 e. The summed E-state index contributed by atoms with van der Waals surface area (Å²) in [4.78, 5) is 19.4. The van der Waals surface area contributed by atoms with Crippen LogP contribution in [0.25, 0.3) is 0 Å². The maximum Gasteiger partial charge on any atom is 0.253 e. The number of hydrogen-bond acceptors (Lipinski definition) is 3. The van der Waals surface area contributed by atoms with Crippen LogP contribution in [0.5, 0.6) is 0 Å². The van der Waals surface area contributed by atoms with Gasteiger partial charge in [-0.2, -0.15) is 5.26 Å². The van der Waals surface area contributed by atoms with Crippen LogP contribution < -0.4 is 0 Å². The van der Waals surface area contributed by atoms with Crippen molar-refractivity contribution in [1.82, 2.24) is 14.5 Å². The molecule has 2 aromatic rings. The number of hydrogen-bond donors (Lipinski definition) is 0. The second kappa shape index (κ2) is 7.33. The molecule has 1 aromatic heterocycles. The second-order valence-corrected chi connectivity index (χ2v) is 7.51. The molecule has 2 fully saturated rings. The van der Waals surface area contributed by atoms with Crippen LogP contribution in [0.15, 0.2) is 36.7 Å². The fraction of sp³-hybridized carbons (Fsp3) is 0.476. The molecule has 1 aliphatic heterocycles. The first-order valence-electron chi connectivity index (χ1n) is 9.55. The number of nitrogens with zero attached hydrogens (tertiary/aromatic N) is 4. The molecule has 0 bridgehead atoms. The third-order valence-electron chi connectivity index (χ3n) is 5.76. The van der Waals surface area contributed by atoms with Crippen molar-refractivity contribution in [2.45, 2.75) is 44.6 Å². The molecule has 5 nitrogen and oxygen atoms in total. The predicted octanol–water partition coefficient (Wildman–Crippen LogP) is 3.57. The number of benzene rings is 1. The summed E-state index contributed by atoms with van der Waals surface area (Å²) in [6.07, 6.45) is 10.1. The average molecular weight is 348 g/mol. The van der Waals surface area contributed by atoms with E-state index in [1.165, 1.54) is 19.3 Å². The van der Waals surface area contributed by atoms with Crippen LogP contribution in [0, 0.1) is 17.2 Å². The summed E-state index contributed by atoms with van der Waals surface area (Å²) in [6, 6.07) is 9.01. The number of likely N-dealkylation sites (tertiary alicyclic amines) is 1. The summed E-state index contributed by atoms with van der Waals surface area (Å²) >= 11 is 0. The van der Waals surface area contributed by atoms with Crippen molar-refractivity contribution in [3.63, 3.8) is 0 Å². The summed E-state index contributed by atoms with van der Waals surface area (Å²) in [6.45, 7) is 2.58. The van der Waals surface area contributed by atoms with Crippen LogP contribution in [0.1, 0.15) is 59.8 Å². The largest absolute Gasteiger partial charge is 0.338 e. The normalized spacial score (nSPS) is 20.4. The highest BCUT2D eigenvalue weighted by Crippen LogP contribution is 2.31. The monoisotopic (exact) mass is 348 g/mol. The summed E-state index contributed by atoms with van der Waals surface area (Å²) in [7, 11) is 0. The zero-order valence-corrected chi connectivity index (χ0v) is 15.0. The molecule has 0 spiro atoms. The first kappa shape index (κ1) is 16.8. The van der Waals surface area contributed by atoms with E-state index in [1.54, 1.807) is 24.3 Å². The summed E-state index contributed by atoms with van der Waals surface area (Å²) in [5.41, 5.74) is 1.23. The lowest BCUT2D eigenvalue weighted by Crippen LogP contribution is -2.40. The van der Waals surface area contributed by atoms with E-state index in [0.29, 0.717) is 17.0 Å². The first-order chi connectivity index (χ1) is 12.7. The third kappa shape index (κ3) is 3.37. The van der Waals surface area contributed by atoms with Gasteiger partial charge in [0.25, 0.3) is 5.91 Å². The fourth-order valence-electron chi connectivity index (χ4n) is 4.03. The molecule has 4 rings (SSSR count). The quantitative estimate of drug-likeness (QED) is 0.848. The Hall–Kier alpha value is -2.61. The highest BCUT2D eigenvalue weighted by molar-refractivity contribution is 5.94. The van der Waals surface area contributed by atoms with Gasteiger partial charge in [0.2, 0.25) is 0 Å². The molecule has 1 saturated heterocycles. The second-order valence-electron chi connectivity index (χ2n) is 7.51. The van der Waals surface area contributed by atoms with Crippen LogP contribution in [0.4, 0.5) is 0 Å². The van der Waals surface area contributed by atoms with Gasteiger partial charge in [0.1, 0.15) is 5.82 Å². The van der Waals surface area contributed by atoms with Gasteiger partial charge in [-0.15, -0.1) is 0 Å². The van der Waals surface area contributed by atoms with E-state index in [0.717, 1.165) is 44.2 Å². The summed E-state index contributed by atoms with van der Waals surface area (Å²) in [5.74, 6) is 2.29. The van der Waals surface area contributed by atoms with E-state index < -0.39 is 0 Å². The van der Waals surface area contributed by atoms with Crippen molar-refractivity contribution < 1.29 is 4.79 Å². The Bertz CT molecular complexity index is 813. The molecular formula is C21H24N4O. The number of carbonyl (C=O) groups excluding carboxylic acids is 1. The maximum atomic E-state index is 12.8. The van der Waals surface area contributed by atoms with Gasteiger partial charge in [0.15, 0.2) is 0 Å². The number of amides is 1. The van der Waals surface area contributed by atoms with Crippen LogP contribution in [-0.4, -0.2) is 33.4 Å². The average Bonchev–Trinajstić information content (AvgIpc) is 3.13. The predicted molar refractivity (Wildman–Crippen MR) is 98.6 cm³/mol. The number of rotatable bonds is 4. The van der Waals surface area contributed by atoms with Gasteiger partial charge in [0.05, 0.1) is 11.6 Å². The Morgan fingerprint density at radius 3 is 2.69 bits per heavy atom. The Kier molecular flexibility index (Phi) is 4.75. The Morgan fingerprint density at radius 1 is 1.19 bits per heavy atom. The molecule has 0 N–H and O–H groups in total. The van der Waals surface area contributed by atoms with Crippen LogP contribution in [-0.2, 0) is 6.54 Å². The number of carbonyl (C=O) groups is 1. The standard InChI is InChI=1S/C21H24N4O/c22-13-16-6-8-18(9-7-16)21(26)25-11-2-5-19(15-25)20-23-10-12-24(20)14-17-3-1-4-17/h6-10,12,17,19H,1-5,11,14-15H2/t19-/m0/s1. The van der Waals surface area contributed by atoms with Crippen molar-refractivity contribution in [1.29, 1.82) is 5.26 Å². The van der Waals surface area contributed by atoms with Crippen molar-refractivity contribution in [3.8, 4) is 6.07 Å². The van der Waals surface area contributed by atoms with Crippen LogP contribution in [0.3, 0.4) is 0 Å². The third-order valence-corrected chi connectivity index (χ3v) is 5.76.